The van der Waals surface area contributed by atoms with Crippen LogP contribution in [-0.2, 0) is 9.59 Å². The molecule has 0 saturated carbocycles. The third kappa shape index (κ3) is 8.94. The zero-order chi connectivity index (χ0) is 32.1. The van der Waals surface area contributed by atoms with Gasteiger partial charge in [-0.1, -0.05) is 103 Å². The van der Waals surface area contributed by atoms with Crippen molar-refractivity contribution in [2.75, 3.05) is 21.3 Å². The lowest BCUT2D eigenvalue weighted by atomic mass is 10.0. The zero-order valence-corrected chi connectivity index (χ0v) is 25.8. The second-order valence-corrected chi connectivity index (χ2v) is 10.6. The van der Waals surface area contributed by atoms with Crippen LogP contribution in [0.1, 0.15) is 13.8 Å². The number of hydrogen-bond donors (Lipinski definition) is 4. The quantitative estimate of drug-likeness (QED) is 0.139. The lowest BCUT2D eigenvalue weighted by molar-refractivity contribution is -0.115. The van der Waals surface area contributed by atoms with Crippen molar-refractivity contribution in [3.8, 4) is 22.3 Å². The van der Waals surface area contributed by atoms with E-state index >= 15 is 0 Å². The van der Waals surface area contributed by atoms with Crippen molar-refractivity contribution in [1.29, 1.82) is 0 Å². The molecular weight excluding hydrogens is 568 g/mol. The van der Waals surface area contributed by atoms with E-state index in [1.165, 1.54) is 13.8 Å². The SMILES string of the molecule is CC(=O)Nc1ccc(-c2ccccc2)c(Nc2ccccc2)c1.CC(=O)Nc1ccc(Nc2ccccc2)c(-c2ccccc2)c1. The molecule has 0 bridgehead atoms. The van der Waals surface area contributed by atoms with Crippen LogP contribution in [0.15, 0.2) is 158 Å². The van der Waals surface area contributed by atoms with E-state index in [1.807, 2.05) is 133 Å². The molecule has 46 heavy (non-hydrogen) atoms. The number of hydrogen-bond acceptors (Lipinski definition) is 4. The summed E-state index contributed by atoms with van der Waals surface area (Å²) in [6.07, 6.45) is 0. The number of benzene rings is 6. The van der Waals surface area contributed by atoms with Gasteiger partial charge in [-0.25, -0.2) is 0 Å². The number of carbonyl (C=O) groups is 2. The van der Waals surface area contributed by atoms with Crippen molar-refractivity contribution in [2.24, 2.45) is 0 Å². The molecule has 0 atom stereocenters. The molecule has 6 rings (SSSR count). The Bertz CT molecular complexity index is 1880. The number of carbonyl (C=O) groups excluding carboxylic acids is 2. The van der Waals surface area contributed by atoms with E-state index in [-0.39, 0.29) is 11.8 Å². The molecule has 0 aromatic heterocycles. The van der Waals surface area contributed by atoms with Crippen molar-refractivity contribution in [1.82, 2.24) is 0 Å². The van der Waals surface area contributed by atoms with Crippen LogP contribution in [-0.4, -0.2) is 11.8 Å². The topological polar surface area (TPSA) is 82.3 Å². The van der Waals surface area contributed by atoms with Crippen molar-refractivity contribution < 1.29 is 9.59 Å². The first-order valence-electron chi connectivity index (χ1n) is 15.0. The largest absolute Gasteiger partial charge is 0.355 e. The Kier molecular flexibility index (Phi) is 10.6. The monoisotopic (exact) mass is 604 g/mol. The van der Waals surface area contributed by atoms with Crippen LogP contribution in [0.4, 0.5) is 34.1 Å². The predicted octanol–water partition coefficient (Wildman–Crippen LogP) is 10.1. The fourth-order valence-corrected chi connectivity index (χ4v) is 4.94. The zero-order valence-electron chi connectivity index (χ0n) is 25.8. The summed E-state index contributed by atoms with van der Waals surface area (Å²) in [7, 11) is 0. The Morgan fingerprint density at radius 3 is 1.30 bits per heavy atom. The van der Waals surface area contributed by atoms with E-state index < -0.39 is 0 Å². The highest BCUT2D eigenvalue weighted by molar-refractivity contribution is 5.93. The highest BCUT2D eigenvalue weighted by Crippen LogP contribution is 2.34. The summed E-state index contributed by atoms with van der Waals surface area (Å²) in [4.78, 5) is 22.6. The summed E-state index contributed by atoms with van der Waals surface area (Å²) >= 11 is 0. The van der Waals surface area contributed by atoms with E-state index in [2.05, 4.69) is 45.5 Å². The van der Waals surface area contributed by atoms with E-state index in [1.54, 1.807) is 0 Å². The van der Waals surface area contributed by atoms with Crippen molar-refractivity contribution >= 4 is 45.9 Å². The van der Waals surface area contributed by atoms with E-state index in [9.17, 15) is 9.59 Å². The molecule has 0 heterocycles. The normalized spacial score (nSPS) is 10.1. The van der Waals surface area contributed by atoms with Gasteiger partial charge in [-0.15, -0.1) is 0 Å². The van der Waals surface area contributed by atoms with Gasteiger partial charge in [-0.3, -0.25) is 9.59 Å². The molecule has 6 aromatic carbocycles. The maximum atomic E-state index is 11.3. The summed E-state index contributed by atoms with van der Waals surface area (Å²) in [6, 6.07) is 52.1. The molecule has 0 aliphatic carbocycles. The van der Waals surface area contributed by atoms with Gasteiger partial charge in [0.25, 0.3) is 0 Å². The van der Waals surface area contributed by atoms with Crippen molar-refractivity contribution in [2.45, 2.75) is 13.8 Å². The fourth-order valence-electron chi connectivity index (χ4n) is 4.94. The van der Waals surface area contributed by atoms with E-state index in [4.69, 9.17) is 0 Å². The highest BCUT2D eigenvalue weighted by Gasteiger charge is 2.09. The first-order valence-corrected chi connectivity index (χ1v) is 15.0. The molecule has 0 spiro atoms. The van der Waals surface area contributed by atoms with Crippen LogP contribution in [0, 0.1) is 0 Å². The smallest absolute Gasteiger partial charge is 0.221 e. The minimum Gasteiger partial charge on any atom is -0.355 e. The van der Waals surface area contributed by atoms with Crippen molar-refractivity contribution in [3.05, 3.63) is 158 Å². The fraction of sp³-hybridized carbons (Fsp3) is 0.0500. The van der Waals surface area contributed by atoms with Crippen LogP contribution >= 0.6 is 0 Å². The third-order valence-corrected chi connectivity index (χ3v) is 6.96. The summed E-state index contributed by atoms with van der Waals surface area (Å²) in [5.74, 6) is -0.157. The van der Waals surface area contributed by atoms with Gasteiger partial charge in [0.15, 0.2) is 0 Å². The maximum Gasteiger partial charge on any atom is 0.221 e. The molecule has 228 valence electrons. The summed E-state index contributed by atoms with van der Waals surface area (Å²) in [6.45, 7) is 3.02. The number of para-hydroxylation sites is 2. The average molecular weight is 605 g/mol. The summed E-state index contributed by atoms with van der Waals surface area (Å²) < 4.78 is 0. The maximum absolute atomic E-state index is 11.3. The molecule has 2 amide bonds. The number of anilines is 6. The second-order valence-electron chi connectivity index (χ2n) is 10.6. The van der Waals surface area contributed by atoms with Crippen LogP contribution in [0.2, 0.25) is 0 Å². The summed E-state index contributed by atoms with van der Waals surface area (Å²) in [5.41, 5.74) is 9.89. The molecule has 6 nitrogen and oxygen atoms in total. The molecule has 0 unspecified atom stereocenters. The van der Waals surface area contributed by atoms with E-state index in [0.29, 0.717) is 0 Å². The number of nitrogens with one attached hydrogen (secondary N) is 4. The highest BCUT2D eigenvalue weighted by atomic mass is 16.2. The summed E-state index contributed by atoms with van der Waals surface area (Å²) in [5, 5.41) is 12.5. The van der Waals surface area contributed by atoms with E-state index in [0.717, 1.165) is 56.4 Å². The molecule has 0 aliphatic heterocycles. The van der Waals surface area contributed by atoms with Crippen molar-refractivity contribution in [3.63, 3.8) is 0 Å². The Balaban J connectivity index is 0.000000181. The lowest BCUT2D eigenvalue weighted by Crippen LogP contribution is -2.06. The van der Waals surface area contributed by atoms with Gasteiger partial charge in [0.1, 0.15) is 0 Å². The van der Waals surface area contributed by atoms with Gasteiger partial charge in [0, 0.05) is 59.1 Å². The molecular formula is C40H36N4O2. The van der Waals surface area contributed by atoms with Gasteiger partial charge in [-0.2, -0.15) is 0 Å². The second kappa shape index (κ2) is 15.5. The predicted molar refractivity (Wildman–Crippen MR) is 192 cm³/mol. The molecule has 4 N–H and O–H groups in total. The molecule has 0 aliphatic rings. The minimum absolute atomic E-state index is 0.0761. The Morgan fingerprint density at radius 1 is 0.391 bits per heavy atom. The molecule has 6 heteroatoms. The van der Waals surface area contributed by atoms with Gasteiger partial charge in [0.05, 0.1) is 0 Å². The molecule has 6 aromatic rings. The lowest BCUT2D eigenvalue weighted by Gasteiger charge is -2.14. The standard InChI is InChI=1S/2C20H18N2O/c1-15(23)21-18-12-13-20(22-17-10-6-3-7-11-17)19(14-18)16-8-4-2-5-9-16;1-15(23)21-18-12-13-19(16-8-4-2-5-9-16)20(14-18)22-17-10-6-3-7-11-17/h2*2-14,22H,1H3,(H,21,23). The third-order valence-electron chi connectivity index (χ3n) is 6.96. The van der Waals surface area contributed by atoms with Gasteiger partial charge >= 0.3 is 0 Å². The van der Waals surface area contributed by atoms with Gasteiger partial charge in [0.2, 0.25) is 11.8 Å². The minimum atomic E-state index is -0.0804. The van der Waals surface area contributed by atoms with Gasteiger partial charge < -0.3 is 21.3 Å². The van der Waals surface area contributed by atoms with Crippen LogP contribution < -0.4 is 21.3 Å². The average Bonchev–Trinajstić information content (AvgIpc) is 3.07. The van der Waals surface area contributed by atoms with Crippen LogP contribution in [0.5, 0.6) is 0 Å². The first kappa shape index (κ1) is 31.3. The molecule has 0 radical (unpaired) electrons. The van der Waals surface area contributed by atoms with Crippen LogP contribution in [0.25, 0.3) is 22.3 Å². The molecule has 0 fully saturated rings. The first-order chi connectivity index (χ1) is 22.4. The number of rotatable bonds is 8. The molecule has 0 saturated heterocycles. The van der Waals surface area contributed by atoms with Crippen LogP contribution in [0.3, 0.4) is 0 Å². The Hall–Kier alpha value is -6.14. The Morgan fingerprint density at radius 2 is 0.804 bits per heavy atom. The Labute approximate surface area is 270 Å². The van der Waals surface area contributed by atoms with Gasteiger partial charge in [-0.05, 0) is 65.7 Å². The number of amides is 2.